The molecular formula is C15H16F3N3O3S. The minimum atomic E-state index is -4.60. The highest BCUT2D eigenvalue weighted by atomic mass is 32.2. The molecule has 1 heterocycles. The molecule has 1 amide bonds. The van der Waals surface area contributed by atoms with Crippen LogP contribution in [0.3, 0.4) is 0 Å². The Balaban J connectivity index is 2.09. The van der Waals surface area contributed by atoms with Gasteiger partial charge in [-0.15, -0.1) is 0 Å². The van der Waals surface area contributed by atoms with Crippen LogP contribution in [0.1, 0.15) is 48.2 Å². The van der Waals surface area contributed by atoms with Gasteiger partial charge in [0.2, 0.25) is 10.0 Å². The van der Waals surface area contributed by atoms with Gasteiger partial charge in [0.1, 0.15) is 5.69 Å². The Morgan fingerprint density at radius 2 is 1.92 bits per heavy atom. The third kappa shape index (κ3) is 4.92. The van der Waals surface area contributed by atoms with Gasteiger partial charge in [-0.25, -0.2) is 13.1 Å². The molecule has 0 saturated heterocycles. The molecule has 1 fully saturated rings. The fourth-order valence-corrected chi connectivity index (χ4v) is 4.35. The molecule has 1 aliphatic carbocycles. The average Bonchev–Trinajstić information content (AvgIpc) is 2.54. The molecule has 0 aliphatic heterocycles. The average molecular weight is 375 g/mol. The Bertz CT molecular complexity index is 777. The molecule has 0 unspecified atom stereocenters. The van der Waals surface area contributed by atoms with Crippen LogP contribution < -0.4 is 4.72 Å². The van der Waals surface area contributed by atoms with E-state index in [0.717, 1.165) is 25.3 Å². The summed E-state index contributed by atoms with van der Waals surface area (Å²) in [5, 5.41) is 9.32. The number of hydrogen-bond donors (Lipinski definition) is 1. The lowest BCUT2D eigenvalue weighted by Crippen LogP contribution is -2.40. The van der Waals surface area contributed by atoms with E-state index >= 15 is 0 Å². The maximum Gasteiger partial charge on any atom is 0.417 e. The fourth-order valence-electron chi connectivity index (χ4n) is 2.81. The molecule has 0 spiro atoms. The lowest BCUT2D eigenvalue weighted by molar-refractivity contribution is -0.137. The first kappa shape index (κ1) is 19.2. The van der Waals surface area contributed by atoms with Crippen molar-refractivity contribution in [3.63, 3.8) is 0 Å². The van der Waals surface area contributed by atoms with Gasteiger partial charge in [0.05, 0.1) is 22.8 Å². The molecule has 25 heavy (non-hydrogen) atoms. The highest BCUT2D eigenvalue weighted by molar-refractivity contribution is 7.90. The van der Waals surface area contributed by atoms with Gasteiger partial charge in [-0.05, 0) is 25.0 Å². The van der Waals surface area contributed by atoms with Gasteiger partial charge in [-0.2, -0.15) is 18.4 Å². The number of amides is 1. The molecule has 0 atom stereocenters. The van der Waals surface area contributed by atoms with Crippen LogP contribution in [-0.4, -0.2) is 25.1 Å². The Morgan fingerprint density at radius 1 is 1.28 bits per heavy atom. The molecule has 1 aliphatic rings. The van der Waals surface area contributed by atoms with Crippen molar-refractivity contribution >= 4 is 15.9 Å². The number of nitrogens with zero attached hydrogens (tertiary/aromatic N) is 2. The number of hydrogen-bond acceptors (Lipinski definition) is 5. The zero-order valence-electron chi connectivity index (χ0n) is 13.1. The Labute approximate surface area is 143 Å². The van der Waals surface area contributed by atoms with Crippen molar-refractivity contribution in [3.8, 4) is 6.07 Å². The van der Waals surface area contributed by atoms with Crippen molar-refractivity contribution < 1.29 is 26.4 Å². The van der Waals surface area contributed by atoms with Crippen LogP contribution in [0.4, 0.5) is 13.2 Å². The topological polar surface area (TPSA) is 99.9 Å². The number of pyridine rings is 1. The molecule has 1 aromatic rings. The third-order valence-corrected chi connectivity index (χ3v) is 5.51. The van der Waals surface area contributed by atoms with Crippen LogP contribution in [0.15, 0.2) is 18.3 Å². The molecule has 1 saturated carbocycles. The Kier molecular flexibility index (Phi) is 5.37. The van der Waals surface area contributed by atoms with Crippen molar-refractivity contribution in [1.29, 1.82) is 5.26 Å². The SMILES string of the molecule is N#CC1(CS(=O)(=O)NC(=O)c2ccc(C(F)(F)F)cn2)CCCCC1. The number of nitriles is 1. The number of sulfonamides is 1. The number of nitrogens with one attached hydrogen (secondary N) is 1. The lowest BCUT2D eigenvalue weighted by Gasteiger charge is -2.29. The summed E-state index contributed by atoms with van der Waals surface area (Å²) >= 11 is 0. The molecule has 0 bridgehead atoms. The van der Waals surface area contributed by atoms with Crippen molar-refractivity contribution in [1.82, 2.24) is 9.71 Å². The third-order valence-electron chi connectivity index (χ3n) is 4.09. The maximum absolute atomic E-state index is 12.5. The van der Waals surface area contributed by atoms with Crippen molar-refractivity contribution in [2.45, 2.75) is 38.3 Å². The number of aromatic nitrogens is 1. The maximum atomic E-state index is 12.5. The Morgan fingerprint density at radius 3 is 2.40 bits per heavy atom. The molecule has 1 aromatic heterocycles. The molecule has 0 aromatic carbocycles. The first-order valence-corrected chi connectivity index (χ1v) is 9.21. The van der Waals surface area contributed by atoms with Gasteiger partial charge < -0.3 is 0 Å². The van der Waals surface area contributed by atoms with Gasteiger partial charge in [0.15, 0.2) is 0 Å². The van der Waals surface area contributed by atoms with Gasteiger partial charge in [-0.1, -0.05) is 19.3 Å². The van der Waals surface area contributed by atoms with E-state index in [1.54, 1.807) is 4.72 Å². The molecule has 1 N–H and O–H groups in total. The summed E-state index contributed by atoms with van der Waals surface area (Å²) in [6.07, 6.45) is -0.901. The fraction of sp³-hybridized carbons (Fsp3) is 0.533. The van der Waals surface area contributed by atoms with Crippen LogP contribution in [0.2, 0.25) is 0 Å². The van der Waals surface area contributed by atoms with Crippen molar-refractivity contribution in [3.05, 3.63) is 29.6 Å². The summed E-state index contributed by atoms with van der Waals surface area (Å²) in [4.78, 5) is 15.3. The van der Waals surface area contributed by atoms with Gasteiger partial charge in [0.25, 0.3) is 5.91 Å². The quantitative estimate of drug-likeness (QED) is 0.872. The van der Waals surface area contributed by atoms with Gasteiger partial charge in [-0.3, -0.25) is 9.78 Å². The zero-order valence-corrected chi connectivity index (χ0v) is 14.0. The standard InChI is InChI=1S/C15H16F3N3O3S/c16-15(17,18)11-4-5-12(20-8-11)13(22)21-25(23,24)10-14(9-19)6-2-1-3-7-14/h4-5,8H,1-3,6-7,10H2,(H,21,22). The first-order chi connectivity index (χ1) is 11.6. The van der Waals surface area contributed by atoms with Gasteiger partial charge in [0, 0.05) is 6.20 Å². The summed E-state index contributed by atoms with van der Waals surface area (Å²) < 4.78 is 63.5. The monoisotopic (exact) mass is 375 g/mol. The van der Waals surface area contributed by atoms with Crippen molar-refractivity contribution in [2.24, 2.45) is 5.41 Å². The largest absolute Gasteiger partial charge is 0.417 e. The van der Waals surface area contributed by atoms with E-state index in [0.29, 0.717) is 25.1 Å². The van der Waals surface area contributed by atoms with Crippen molar-refractivity contribution in [2.75, 3.05) is 5.75 Å². The number of carbonyl (C=O) groups is 1. The van der Waals surface area contributed by atoms with Crippen LogP contribution in [0.5, 0.6) is 0 Å². The van der Waals surface area contributed by atoms with E-state index in [2.05, 4.69) is 4.98 Å². The predicted molar refractivity (Wildman–Crippen MR) is 81.6 cm³/mol. The van der Waals surface area contributed by atoms with E-state index < -0.39 is 44.5 Å². The number of halogens is 3. The van der Waals surface area contributed by atoms with Crippen LogP contribution in [-0.2, 0) is 16.2 Å². The van der Waals surface area contributed by atoms with E-state index in [1.807, 2.05) is 6.07 Å². The van der Waals surface area contributed by atoms with E-state index in [1.165, 1.54) is 0 Å². The second-order valence-electron chi connectivity index (χ2n) is 6.07. The van der Waals surface area contributed by atoms with Gasteiger partial charge >= 0.3 is 6.18 Å². The first-order valence-electron chi connectivity index (χ1n) is 7.56. The van der Waals surface area contributed by atoms with E-state index in [9.17, 15) is 31.6 Å². The normalized spacial score (nSPS) is 17.5. The van der Waals surface area contributed by atoms with Crippen LogP contribution >= 0.6 is 0 Å². The lowest BCUT2D eigenvalue weighted by atomic mass is 9.77. The highest BCUT2D eigenvalue weighted by Gasteiger charge is 2.38. The molecular weight excluding hydrogens is 359 g/mol. The molecule has 0 radical (unpaired) electrons. The molecule has 136 valence electrons. The number of carbonyl (C=O) groups excluding carboxylic acids is 1. The second kappa shape index (κ2) is 7.00. The second-order valence-corrected chi connectivity index (χ2v) is 7.80. The van der Waals surface area contributed by atoms with E-state index in [-0.39, 0.29) is 0 Å². The molecule has 2 rings (SSSR count). The zero-order chi connectivity index (χ0) is 18.7. The van der Waals surface area contributed by atoms with Crippen LogP contribution in [0, 0.1) is 16.7 Å². The summed E-state index contributed by atoms with van der Waals surface area (Å²) in [5.74, 6) is -1.65. The minimum absolute atomic E-state index is 0.428. The highest BCUT2D eigenvalue weighted by Crippen LogP contribution is 2.36. The number of rotatable bonds is 4. The molecule has 6 nitrogen and oxygen atoms in total. The summed E-state index contributed by atoms with van der Waals surface area (Å²) in [7, 11) is -4.12. The summed E-state index contributed by atoms with van der Waals surface area (Å²) in [5.41, 5.74) is -2.54. The molecule has 10 heteroatoms. The summed E-state index contributed by atoms with van der Waals surface area (Å²) in [6, 6.07) is 3.48. The number of alkyl halides is 3. The smallest absolute Gasteiger partial charge is 0.266 e. The predicted octanol–water partition coefficient (Wildman–Crippen LogP) is 2.63. The summed E-state index contributed by atoms with van der Waals surface area (Å²) in [6.45, 7) is 0. The van der Waals surface area contributed by atoms with Crippen LogP contribution in [0.25, 0.3) is 0 Å². The Hall–Kier alpha value is -2.15. The minimum Gasteiger partial charge on any atom is -0.266 e. The van der Waals surface area contributed by atoms with E-state index in [4.69, 9.17) is 0 Å².